The Balaban J connectivity index is 1.43. The quantitative estimate of drug-likeness (QED) is 0.370. The van der Waals surface area contributed by atoms with Crippen LogP contribution in [0.1, 0.15) is 49.9 Å². The van der Waals surface area contributed by atoms with Gasteiger partial charge in [-0.3, -0.25) is 14.6 Å². The summed E-state index contributed by atoms with van der Waals surface area (Å²) >= 11 is 0. The van der Waals surface area contributed by atoms with Crippen molar-refractivity contribution >= 4 is 11.8 Å². The molecule has 0 saturated carbocycles. The second kappa shape index (κ2) is 10.5. The van der Waals surface area contributed by atoms with Crippen LogP contribution in [0.25, 0.3) is 0 Å². The van der Waals surface area contributed by atoms with Gasteiger partial charge < -0.3 is 24.8 Å². The first-order chi connectivity index (χ1) is 19.1. The summed E-state index contributed by atoms with van der Waals surface area (Å²) in [5.41, 5.74) is 3.76. The van der Waals surface area contributed by atoms with E-state index in [1.54, 1.807) is 30.6 Å². The lowest BCUT2D eigenvalue weighted by molar-refractivity contribution is 0.0694. The Labute approximate surface area is 225 Å². The van der Waals surface area contributed by atoms with E-state index in [-0.39, 0.29) is 29.2 Å². The van der Waals surface area contributed by atoms with Gasteiger partial charge in [0.2, 0.25) is 0 Å². The molecule has 8 nitrogen and oxygen atoms in total. The molecule has 0 saturated heterocycles. The maximum absolute atomic E-state index is 13.7. The van der Waals surface area contributed by atoms with Crippen molar-refractivity contribution in [3.63, 3.8) is 0 Å². The van der Waals surface area contributed by atoms with Crippen molar-refractivity contribution in [3.8, 4) is 23.0 Å². The zero-order chi connectivity index (χ0) is 26.8. The van der Waals surface area contributed by atoms with Gasteiger partial charge in [-0.25, -0.2) is 0 Å². The van der Waals surface area contributed by atoms with Crippen molar-refractivity contribution in [2.75, 3.05) is 19.7 Å². The van der Waals surface area contributed by atoms with Gasteiger partial charge in [-0.05, 0) is 84.1 Å². The van der Waals surface area contributed by atoms with Crippen LogP contribution >= 0.6 is 0 Å². The van der Waals surface area contributed by atoms with Gasteiger partial charge in [0.1, 0.15) is 23.0 Å². The molecule has 2 N–H and O–H groups in total. The van der Waals surface area contributed by atoms with Crippen LogP contribution < -0.4 is 14.8 Å². The third-order valence-corrected chi connectivity index (χ3v) is 7.03. The highest BCUT2D eigenvalue weighted by Gasteiger charge is 2.33. The molecular weight excluding hydrogens is 494 g/mol. The van der Waals surface area contributed by atoms with E-state index in [1.807, 2.05) is 47.4 Å². The molecule has 0 spiro atoms. The number of fused-ring (bicyclic) bond motifs is 6. The fourth-order valence-corrected chi connectivity index (χ4v) is 5.14. The smallest absolute Gasteiger partial charge is 0.255 e. The number of pyridine rings is 1. The molecule has 1 aromatic heterocycles. The number of phenols is 1. The third kappa shape index (κ3) is 5.01. The molecule has 3 aromatic carbocycles. The van der Waals surface area contributed by atoms with Gasteiger partial charge in [0.05, 0.1) is 18.2 Å². The molecule has 2 amide bonds. The topological polar surface area (TPSA) is 101 Å². The molecule has 1 unspecified atom stereocenters. The predicted octanol–water partition coefficient (Wildman–Crippen LogP) is 4.88. The largest absolute Gasteiger partial charge is 0.507 e. The highest BCUT2D eigenvalue weighted by molar-refractivity contribution is 5.97. The van der Waals surface area contributed by atoms with E-state index < -0.39 is 0 Å². The monoisotopic (exact) mass is 521 g/mol. The summed E-state index contributed by atoms with van der Waals surface area (Å²) < 4.78 is 12.1. The van der Waals surface area contributed by atoms with Crippen LogP contribution in [0, 0.1) is 0 Å². The minimum atomic E-state index is -0.381. The average Bonchev–Trinajstić information content (AvgIpc) is 2.97. The Morgan fingerprint density at radius 1 is 0.974 bits per heavy atom. The number of rotatable bonds is 1. The van der Waals surface area contributed by atoms with Crippen molar-refractivity contribution in [2.45, 2.75) is 18.9 Å². The zero-order valence-electron chi connectivity index (χ0n) is 21.2. The van der Waals surface area contributed by atoms with Gasteiger partial charge in [0, 0.05) is 31.0 Å². The normalized spacial score (nSPS) is 16.8. The molecule has 1 atom stereocenters. The summed E-state index contributed by atoms with van der Waals surface area (Å²) in [6, 6.07) is 21.4. The first-order valence-corrected chi connectivity index (χ1v) is 12.9. The van der Waals surface area contributed by atoms with Gasteiger partial charge in [-0.2, -0.15) is 0 Å². The van der Waals surface area contributed by atoms with Gasteiger partial charge in [0.15, 0.2) is 0 Å². The fourth-order valence-electron chi connectivity index (χ4n) is 5.14. The van der Waals surface area contributed by atoms with Gasteiger partial charge >= 0.3 is 0 Å². The minimum Gasteiger partial charge on any atom is -0.507 e. The Kier molecular flexibility index (Phi) is 6.59. The zero-order valence-corrected chi connectivity index (χ0v) is 21.2. The van der Waals surface area contributed by atoms with Crippen molar-refractivity contribution in [3.05, 3.63) is 113 Å². The predicted molar refractivity (Wildman–Crippen MR) is 144 cm³/mol. The Morgan fingerprint density at radius 3 is 2.67 bits per heavy atom. The highest BCUT2D eigenvalue weighted by Crippen LogP contribution is 2.39. The minimum absolute atomic E-state index is 0.0609. The number of carbonyl (C=O) groups is 2. The van der Waals surface area contributed by atoms with Crippen LogP contribution in [0.3, 0.4) is 0 Å². The number of carbonyl (C=O) groups excluding carboxylic acids is 2. The molecule has 8 bridgehead atoms. The Bertz CT molecular complexity index is 1540. The SMILES string of the molecule is O=C1NCCCOc2cccc(c2)C2c3ccc(cc3CCN2C(=O)c2ccncc2)Oc2ccc(O)c1c2. The summed E-state index contributed by atoms with van der Waals surface area (Å²) in [4.78, 5) is 32.3. The van der Waals surface area contributed by atoms with E-state index in [1.165, 1.54) is 12.1 Å². The van der Waals surface area contributed by atoms with Crippen LogP contribution in [0.2, 0.25) is 0 Å². The molecule has 39 heavy (non-hydrogen) atoms. The molecule has 3 aliphatic rings. The second-order valence-electron chi connectivity index (χ2n) is 9.56. The molecule has 3 aliphatic heterocycles. The molecule has 8 heteroatoms. The van der Waals surface area contributed by atoms with Crippen LogP contribution in [-0.4, -0.2) is 46.5 Å². The molecular formula is C31H27N3O5. The van der Waals surface area contributed by atoms with E-state index >= 15 is 0 Å². The molecule has 0 aliphatic carbocycles. The Morgan fingerprint density at radius 2 is 1.79 bits per heavy atom. The summed E-state index contributed by atoms with van der Waals surface area (Å²) in [6.45, 7) is 1.30. The number of phenolic OH excluding ortho intramolecular Hbond substituents is 1. The Hall–Kier alpha value is -4.85. The molecule has 7 rings (SSSR count). The van der Waals surface area contributed by atoms with E-state index in [0.717, 1.165) is 16.7 Å². The first kappa shape index (κ1) is 24.5. The molecule has 4 heterocycles. The molecule has 4 aromatic rings. The lowest BCUT2D eigenvalue weighted by Crippen LogP contribution is -2.40. The summed E-state index contributed by atoms with van der Waals surface area (Å²) in [6.07, 6.45) is 4.49. The van der Waals surface area contributed by atoms with Crippen molar-refractivity contribution in [2.24, 2.45) is 0 Å². The summed E-state index contributed by atoms with van der Waals surface area (Å²) in [5.74, 6) is 1.18. The number of benzene rings is 3. The number of hydrogen-bond acceptors (Lipinski definition) is 6. The summed E-state index contributed by atoms with van der Waals surface area (Å²) in [5, 5.41) is 13.1. The highest BCUT2D eigenvalue weighted by atomic mass is 16.5. The van der Waals surface area contributed by atoms with Crippen LogP contribution in [0.15, 0.2) is 85.2 Å². The van der Waals surface area contributed by atoms with Gasteiger partial charge in [-0.1, -0.05) is 18.2 Å². The van der Waals surface area contributed by atoms with Crippen molar-refractivity contribution in [1.82, 2.24) is 15.2 Å². The summed E-state index contributed by atoms with van der Waals surface area (Å²) in [7, 11) is 0. The fraction of sp³-hybridized carbons (Fsp3) is 0.194. The lowest BCUT2D eigenvalue weighted by atomic mass is 9.87. The second-order valence-corrected chi connectivity index (χ2v) is 9.56. The number of hydrogen-bond donors (Lipinski definition) is 2. The third-order valence-electron chi connectivity index (χ3n) is 7.03. The van der Waals surface area contributed by atoms with Crippen molar-refractivity contribution in [1.29, 1.82) is 0 Å². The van der Waals surface area contributed by atoms with Crippen molar-refractivity contribution < 1.29 is 24.2 Å². The maximum Gasteiger partial charge on any atom is 0.255 e. The standard InChI is InChI=1S/C31H27N3O5/c35-28-8-6-25-19-27(28)30(36)33-12-2-16-38-23-4-1-3-22(18-23)29-26-7-5-24(39-25)17-21(26)11-15-34(29)31(37)20-9-13-32-14-10-20/h1,3-10,13-14,17-19,29,35H,2,11-12,15-16H2,(H,33,36). The number of ether oxygens (including phenoxy) is 2. The lowest BCUT2D eigenvalue weighted by Gasteiger charge is -2.38. The van der Waals surface area contributed by atoms with E-state index in [0.29, 0.717) is 55.4 Å². The molecule has 0 fully saturated rings. The maximum atomic E-state index is 13.7. The molecule has 0 radical (unpaired) electrons. The first-order valence-electron chi connectivity index (χ1n) is 12.9. The number of nitrogens with one attached hydrogen (secondary N) is 1. The average molecular weight is 522 g/mol. The number of nitrogens with zero attached hydrogens (tertiary/aromatic N) is 2. The number of aromatic nitrogens is 1. The van der Waals surface area contributed by atoms with E-state index in [9.17, 15) is 14.7 Å². The number of amides is 2. The van der Waals surface area contributed by atoms with Gasteiger partial charge in [0.25, 0.3) is 11.8 Å². The van der Waals surface area contributed by atoms with E-state index in [2.05, 4.69) is 10.3 Å². The molecule has 196 valence electrons. The van der Waals surface area contributed by atoms with Crippen LogP contribution in [0.5, 0.6) is 23.0 Å². The number of aromatic hydroxyl groups is 1. The van der Waals surface area contributed by atoms with Gasteiger partial charge in [-0.15, -0.1) is 0 Å². The van der Waals surface area contributed by atoms with Crippen LogP contribution in [-0.2, 0) is 6.42 Å². The van der Waals surface area contributed by atoms with Crippen LogP contribution in [0.4, 0.5) is 0 Å². The van der Waals surface area contributed by atoms with E-state index in [4.69, 9.17) is 9.47 Å².